The van der Waals surface area contributed by atoms with Gasteiger partial charge in [0.25, 0.3) is 0 Å². The summed E-state index contributed by atoms with van der Waals surface area (Å²) in [5.74, 6) is -3.42. The molecule has 0 atom stereocenters. The third-order valence-corrected chi connectivity index (χ3v) is 6.18. The molecule has 1 fully saturated rings. The number of nitrogens with zero attached hydrogens (tertiary/aromatic N) is 4. The summed E-state index contributed by atoms with van der Waals surface area (Å²) in [6.45, 7) is 6.41. The maximum atomic E-state index is 13.0. The SMILES string of the molecule is CCn1cc(CN2CCCN(c3ccccc3S(=O)(=O)C(F)F)CC2)cn1. The van der Waals surface area contributed by atoms with E-state index >= 15 is 0 Å². The third-order valence-electron chi connectivity index (χ3n) is 4.75. The van der Waals surface area contributed by atoms with Crippen LogP contribution < -0.4 is 4.90 Å². The number of anilines is 1. The van der Waals surface area contributed by atoms with Crippen molar-refractivity contribution in [3.63, 3.8) is 0 Å². The van der Waals surface area contributed by atoms with Crippen molar-refractivity contribution in [1.82, 2.24) is 14.7 Å². The first-order chi connectivity index (χ1) is 12.9. The lowest BCUT2D eigenvalue weighted by Gasteiger charge is -2.25. The molecule has 2 aromatic rings. The smallest absolute Gasteiger partial charge is 0.341 e. The number of para-hydroxylation sites is 1. The van der Waals surface area contributed by atoms with Crippen molar-refractivity contribution < 1.29 is 17.2 Å². The summed E-state index contributed by atoms with van der Waals surface area (Å²) in [5, 5.41) is 4.28. The van der Waals surface area contributed by atoms with Gasteiger partial charge in [-0.1, -0.05) is 12.1 Å². The Bertz CT molecular complexity index is 870. The summed E-state index contributed by atoms with van der Waals surface area (Å²) in [6.07, 6.45) is 4.70. The summed E-state index contributed by atoms with van der Waals surface area (Å²) >= 11 is 0. The van der Waals surface area contributed by atoms with Gasteiger partial charge in [-0.25, -0.2) is 8.42 Å². The minimum Gasteiger partial charge on any atom is -0.369 e. The van der Waals surface area contributed by atoms with E-state index in [1.807, 2.05) is 28.9 Å². The van der Waals surface area contributed by atoms with Gasteiger partial charge in [-0.05, 0) is 25.5 Å². The molecule has 2 heterocycles. The summed E-state index contributed by atoms with van der Waals surface area (Å²) in [4.78, 5) is 3.88. The largest absolute Gasteiger partial charge is 0.369 e. The molecule has 0 N–H and O–H groups in total. The molecular weight excluding hydrogens is 374 g/mol. The van der Waals surface area contributed by atoms with E-state index < -0.39 is 15.6 Å². The molecule has 1 saturated heterocycles. The lowest BCUT2D eigenvalue weighted by atomic mass is 10.2. The number of aromatic nitrogens is 2. The predicted octanol–water partition coefficient (Wildman–Crippen LogP) is 2.61. The number of rotatable bonds is 6. The lowest BCUT2D eigenvalue weighted by Crippen LogP contribution is -2.31. The molecule has 27 heavy (non-hydrogen) atoms. The average Bonchev–Trinajstić information content (AvgIpc) is 2.98. The number of aryl methyl sites for hydroxylation is 1. The Morgan fingerprint density at radius 3 is 2.63 bits per heavy atom. The number of hydrogen-bond donors (Lipinski definition) is 0. The first-order valence-corrected chi connectivity index (χ1v) is 10.6. The number of hydrogen-bond acceptors (Lipinski definition) is 5. The van der Waals surface area contributed by atoms with E-state index in [-0.39, 0.29) is 4.90 Å². The van der Waals surface area contributed by atoms with Crippen LogP contribution >= 0.6 is 0 Å². The minimum absolute atomic E-state index is 0.294. The van der Waals surface area contributed by atoms with Crippen molar-refractivity contribution >= 4 is 15.5 Å². The van der Waals surface area contributed by atoms with Gasteiger partial charge in [-0.3, -0.25) is 9.58 Å². The van der Waals surface area contributed by atoms with Crippen LogP contribution in [0.1, 0.15) is 18.9 Å². The fraction of sp³-hybridized carbons (Fsp3) is 0.500. The van der Waals surface area contributed by atoms with E-state index in [0.717, 1.165) is 38.2 Å². The molecule has 0 spiro atoms. The molecule has 3 rings (SSSR count). The Kier molecular flexibility index (Phi) is 6.11. The van der Waals surface area contributed by atoms with E-state index in [9.17, 15) is 17.2 Å². The van der Waals surface area contributed by atoms with Gasteiger partial charge in [0.05, 0.1) is 16.8 Å². The van der Waals surface area contributed by atoms with E-state index in [0.29, 0.717) is 18.8 Å². The van der Waals surface area contributed by atoms with Crippen molar-refractivity contribution in [3.05, 3.63) is 42.2 Å². The first kappa shape index (κ1) is 19.8. The van der Waals surface area contributed by atoms with Gasteiger partial charge >= 0.3 is 5.76 Å². The normalized spacial score (nSPS) is 16.7. The van der Waals surface area contributed by atoms with Crippen LogP contribution in [-0.2, 0) is 22.9 Å². The van der Waals surface area contributed by atoms with Crippen LogP contribution in [-0.4, -0.2) is 55.0 Å². The molecule has 6 nitrogen and oxygen atoms in total. The highest BCUT2D eigenvalue weighted by Gasteiger charge is 2.31. The predicted molar refractivity (Wildman–Crippen MR) is 99.6 cm³/mol. The molecule has 1 aromatic heterocycles. The third kappa shape index (κ3) is 4.47. The molecule has 0 amide bonds. The Balaban J connectivity index is 1.73. The summed E-state index contributed by atoms with van der Waals surface area (Å²) in [5.41, 5.74) is 1.49. The second kappa shape index (κ2) is 8.35. The Hall–Kier alpha value is -2.00. The Morgan fingerprint density at radius 2 is 1.93 bits per heavy atom. The highest BCUT2D eigenvalue weighted by molar-refractivity contribution is 7.91. The topological polar surface area (TPSA) is 58.4 Å². The van der Waals surface area contributed by atoms with Crippen LogP contribution in [0.4, 0.5) is 14.5 Å². The lowest BCUT2D eigenvalue weighted by molar-refractivity contribution is 0.235. The van der Waals surface area contributed by atoms with Gasteiger partial charge in [0.15, 0.2) is 0 Å². The van der Waals surface area contributed by atoms with E-state index in [1.165, 1.54) is 12.1 Å². The summed E-state index contributed by atoms with van der Waals surface area (Å²) in [7, 11) is -4.63. The van der Waals surface area contributed by atoms with E-state index in [2.05, 4.69) is 10.00 Å². The van der Waals surface area contributed by atoms with E-state index in [4.69, 9.17) is 0 Å². The molecule has 148 valence electrons. The maximum absolute atomic E-state index is 13.0. The van der Waals surface area contributed by atoms with Crippen molar-refractivity contribution in [2.75, 3.05) is 31.1 Å². The van der Waals surface area contributed by atoms with Gasteiger partial charge < -0.3 is 4.90 Å². The number of alkyl halides is 2. The highest BCUT2D eigenvalue weighted by atomic mass is 32.2. The maximum Gasteiger partial charge on any atom is 0.341 e. The molecule has 0 bridgehead atoms. The Labute approximate surface area is 158 Å². The standard InChI is InChI=1S/C18H24F2N4O2S/c1-2-24-14-15(12-21-24)13-22-8-5-9-23(11-10-22)16-6-3-4-7-17(16)27(25,26)18(19)20/h3-4,6-7,12,14,18H,2,5,8-11,13H2,1H3. The van der Waals surface area contributed by atoms with Gasteiger partial charge in [-0.2, -0.15) is 13.9 Å². The van der Waals surface area contributed by atoms with E-state index in [1.54, 1.807) is 12.1 Å². The van der Waals surface area contributed by atoms with Gasteiger partial charge in [-0.15, -0.1) is 0 Å². The van der Waals surface area contributed by atoms with Crippen LogP contribution in [0.3, 0.4) is 0 Å². The first-order valence-electron chi connectivity index (χ1n) is 9.01. The molecule has 9 heteroatoms. The van der Waals surface area contributed by atoms with Crippen LogP contribution in [0.2, 0.25) is 0 Å². The number of sulfone groups is 1. The quantitative estimate of drug-likeness (QED) is 0.749. The molecule has 1 aliphatic rings. The van der Waals surface area contributed by atoms with Crippen LogP contribution in [0, 0.1) is 0 Å². The second-order valence-corrected chi connectivity index (χ2v) is 8.48. The van der Waals surface area contributed by atoms with Crippen molar-refractivity contribution in [3.8, 4) is 0 Å². The van der Waals surface area contributed by atoms with Crippen LogP contribution in [0.25, 0.3) is 0 Å². The van der Waals surface area contributed by atoms with Crippen LogP contribution in [0.5, 0.6) is 0 Å². The summed E-state index contributed by atoms with van der Waals surface area (Å²) in [6, 6.07) is 6.03. The van der Waals surface area contributed by atoms with Crippen LogP contribution in [0.15, 0.2) is 41.6 Å². The molecular formula is C18H24F2N4O2S. The monoisotopic (exact) mass is 398 g/mol. The van der Waals surface area contributed by atoms with Crippen molar-refractivity contribution in [2.24, 2.45) is 0 Å². The minimum atomic E-state index is -4.63. The molecule has 0 saturated carbocycles. The summed E-state index contributed by atoms with van der Waals surface area (Å²) < 4.78 is 52.0. The molecule has 1 aliphatic heterocycles. The number of halogens is 2. The van der Waals surface area contributed by atoms with Gasteiger partial charge in [0, 0.05) is 51.0 Å². The van der Waals surface area contributed by atoms with Crippen molar-refractivity contribution in [1.29, 1.82) is 0 Å². The molecule has 0 aliphatic carbocycles. The second-order valence-electron chi connectivity index (χ2n) is 6.59. The zero-order chi connectivity index (χ0) is 19.4. The molecule has 0 unspecified atom stereocenters. The average molecular weight is 398 g/mol. The Morgan fingerprint density at radius 1 is 1.15 bits per heavy atom. The fourth-order valence-corrected chi connectivity index (χ4v) is 4.29. The molecule has 0 radical (unpaired) electrons. The van der Waals surface area contributed by atoms with Crippen molar-refractivity contribution in [2.45, 2.75) is 37.1 Å². The fourth-order valence-electron chi connectivity index (χ4n) is 3.34. The van der Waals surface area contributed by atoms with Gasteiger partial charge in [0.2, 0.25) is 9.84 Å². The number of benzene rings is 1. The van der Waals surface area contributed by atoms with Gasteiger partial charge in [0.1, 0.15) is 0 Å². The molecule has 1 aromatic carbocycles. The highest BCUT2D eigenvalue weighted by Crippen LogP contribution is 2.29. The zero-order valence-electron chi connectivity index (χ0n) is 15.3. The zero-order valence-corrected chi connectivity index (χ0v) is 16.1.